The monoisotopic (exact) mass is 330 g/mol. The lowest BCUT2D eigenvalue weighted by atomic mass is 10.1. The van der Waals surface area contributed by atoms with Gasteiger partial charge in [-0.2, -0.15) is 0 Å². The van der Waals surface area contributed by atoms with Gasteiger partial charge in [0.05, 0.1) is 11.4 Å². The molecule has 0 spiro atoms. The second-order valence-electron chi connectivity index (χ2n) is 3.86. The first-order chi connectivity index (χ1) is 8.50. The number of rotatable bonds is 2. The maximum atomic E-state index is 12.2. The molecule has 18 heavy (non-hydrogen) atoms. The predicted molar refractivity (Wildman–Crippen MR) is 73.5 cm³/mol. The zero-order valence-corrected chi connectivity index (χ0v) is 11.7. The van der Waals surface area contributed by atoms with Crippen molar-refractivity contribution >= 4 is 45.3 Å². The topological polar surface area (TPSA) is 83.6 Å². The van der Waals surface area contributed by atoms with E-state index < -0.39 is 12.0 Å². The fraction of sp³-hybridized carbons (Fsp3) is 0.273. The smallest absolute Gasteiger partial charge is 0.327 e. The van der Waals surface area contributed by atoms with Gasteiger partial charge >= 0.3 is 5.97 Å². The van der Waals surface area contributed by atoms with Gasteiger partial charge in [0.15, 0.2) is 0 Å². The second kappa shape index (κ2) is 5.19. The van der Waals surface area contributed by atoms with Crippen LogP contribution in [0.1, 0.15) is 10.4 Å². The van der Waals surface area contributed by atoms with E-state index in [2.05, 4.69) is 15.9 Å². The minimum Gasteiger partial charge on any atom is -0.480 e. The number of carboxylic acid groups (broad SMARTS) is 1. The normalized spacial score (nSPS) is 18.9. The third kappa shape index (κ3) is 2.46. The van der Waals surface area contributed by atoms with Gasteiger partial charge in [0.2, 0.25) is 0 Å². The van der Waals surface area contributed by atoms with Crippen molar-refractivity contribution in [3.05, 3.63) is 28.2 Å². The van der Waals surface area contributed by atoms with Crippen LogP contribution in [0.4, 0.5) is 5.69 Å². The zero-order valence-electron chi connectivity index (χ0n) is 9.30. The molecule has 1 atom stereocenters. The molecule has 1 saturated heterocycles. The number of hydrogen-bond acceptors (Lipinski definition) is 4. The highest BCUT2D eigenvalue weighted by atomic mass is 79.9. The number of nitrogens with zero attached hydrogens (tertiary/aromatic N) is 1. The van der Waals surface area contributed by atoms with Gasteiger partial charge in [0, 0.05) is 15.9 Å². The van der Waals surface area contributed by atoms with Gasteiger partial charge in [-0.3, -0.25) is 4.79 Å². The van der Waals surface area contributed by atoms with Crippen LogP contribution in [0.5, 0.6) is 0 Å². The number of hydrogen-bond donors (Lipinski definition) is 2. The van der Waals surface area contributed by atoms with Crippen molar-refractivity contribution < 1.29 is 14.7 Å². The molecule has 1 amide bonds. The number of halogens is 1. The van der Waals surface area contributed by atoms with Crippen molar-refractivity contribution in [2.45, 2.75) is 6.04 Å². The van der Waals surface area contributed by atoms with E-state index in [0.717, 1.165) is 4.47 Å². The molecule has 7 heteroatoms. The van der Waals surface area contributed by atoms with E-state index in [1.165, 1.54) is 16.7 Å². The van der Waals surface area contributed by atoms with E-state index in [4.69, 9.17) is 10.8 Å². The number of amides is 1. The molecular weight excluding hydrogens is 320 g/mol. The number of carboxylic acids is 1. The molecule has 0 bridgehead atoms. The molecule has 0 aromatic heterocycles. The maximum absolute atomic E-state index is 12.2. The van der Waals surface area contributed by atoms with E-state index in [9.17, 15) is 9.59 Å². The molecule has 2 rings (SSSR count). The average molecular weight is 331 g/mol. The van der Waals surface area contributed by atoms with Gasteiger partial charge in [-0.05, 0) is 18.2 Å². The van der Waals surface area contributed by atoms with Crippen LogP contribution in [0.15, 0.2) is 22.7 Å². The summed E-state index contributed by atoms with van der Waals surface area (Å²) >= 11 is 4.69. The lowest BCUT2D eigenvalue weighted by molar-refractivity contribution is -0.140. The summed E-state index contributed by atoms with van der Waals surface area (Å²) in [6.45, 7) is 0. The Bertz CT molecular complexity index is 509. The predicted octanol–water partition coefficient (Wildman–Crippen LogP) is 1.63. The van der Waals surface area contributed by atoms with Gasteiger partial charge in [0.1, 0.15) is 6.04 Å². The standard InChI is InChI=1S/C11H11BrN2O3S/c12-6-1-2-7(8(13)3-6)10(15)14-5-18-4-9(14)11(16)17/h1-3,9H,4-5,13H2,(H,16,17)/t9-/m0/s1. The zero-order chi connectivity index (χ0) is 13.3. The molecule has 0 saturated carbocycles. The van der Waals surface area contributed by atoms with Crippen molar-refractivity contribution in [3.63, 3.8) is 0 Å². The summed E-state index contributed by atoms with van der Waals surface area (Å²) in [5.41, 5.74) is 6.46. The van der Waals surface area contributed by atoms with E-state index in [1.54, 1.807) is 18.2 Å². The number of benzene rings is 1. The Kier molecular flexibility index (Phi) is 3.82. The molecule has 1 heterocycles. The van der Waals surface area contributed by atoms with Gasteiger partial charge < -0.3 is 15.7 Å². The molecule has 0 aliphatic carbocycles. The first-order valence-electron chi connectivity index (χ1n) is 5.17. The van der Waals surface area contributed by atoms with Crippen LogP contribution < -0.4 is 5.73 Å². The fourth-order valence-corrected chi connectivity index (χ4v) is 3.25. The third-order valence-electron chi connectivity index (χ3n) is 2.67. The summed E-state index contributed by atoms with van der Waals surface area (Å²) in [6.07, 6.45) is 0. The number of aliphatic carboxylic acids is 1. The molecule has 3 N–H and O–H groups in total. The second-order valence-corrected chi connectivity index (χ2v) is 5.78. The summed E-state index contributed by atoms with van der Waals surface area (Å²) in [5, 5.41) is 9.05. The number of carbonyl (C=O) groups excluding carboxylic acids is 1. The molecule has 1 aliphatic heterocycles. The summed E-state index contributed by atoms with van der Waals surface area (Å²) in [5.74, 6) is -0.524. The highest BCUT2D eigenvalue weighted by molar-refractivity contribution is 9.10. The third-order valence-corrected chi connectivity index (χ3v) is 4.18. The van der Waals surface area contributed by atoms with E-state index in [0.29, 0.717) is 22.9 Å². The first kappa shape index (κ1) is 13.2. The van der Waals surface area contributed by atoms with E-state index in [-0.39, 0.29) is 5.91 Å². The van der Waals surface area contributed by atoms with Crippen LogP contribution in [0.3, 0.4) is 0 Å². The van der Waals surface area contributed by atoms with E-state index in [1.807, 2.05) is 0 Å². The number of thioether (sulfide) groups is 1. The molecule has 1 aromatic rings. The number of anilines is 1. The molecule has 1 fully saturated rings. The van der Waals surface area contributed by atoms with Crippen LogP contribution in [0.25, 0.3) is 0 Å². The molecule has 0 radical (unpaired) electrons. The lowest BCUT2D eigenvalue weighted by Gasteiger charge is -2.21. The van der Waals surface area contributed by atoms with Gasteiger partial charge in [-0.25, -0.2) is 4.79 Å². The van der Waals surface area contributed by atoms with Crippen LogP contribution in [-0.4, -0.2) is 39.6 Å². The highest BCUT2D eigenvalue weighted by Crippen LogP contribution is 2.26. The van der Waals surface area contributed by atoms with Crippen LogP contribution >= 0.6 is 27.7 Å². The Hall–Kier alpha value is -1.21. The molecular formula is C11H11BrN2O3S. The highest BCUT2D eigenvalue weighted by Gasteiger charge is 2.35. The largest absolute Gasteiger partial charge is 0.480 e. The Morgan fingerprint density at radius 2 is 2.22 bits per heavy atom. The molecule has 96 valence electrons. The summed E-state index contributed by atoms with van der Waals surface area (Å²) in [7, 11) is 0. The van der Waals surface area contributed by atoms with Crippen LogP contribution in [-0.2, 0) is 4.79 Å². The van der Waals surface area contributed by atoms with Crippen molar-refractivity contribution in [2.24, 2.45) is 0 Å². The Balaban J connectivity index is 2.28. The molecule has 1 aliphatic rings. The minimum atomic E-state index is -0.982. The van der Waals surface area contributed by atoms with E-state index >= 15 is 0 Å². The van der Waals surface area contributed by atoms with Crippen molar-refractivity contribution in [1.82, 2.24) is 4.90 Å². The Morgan fingerprint density at radius 1 is 1.50 bits per heavy atom. The Morgan fingerprint density at radius 3 is 2.83 bits per heavy atom. The van der Waals surface area contributed by atoms with Crippen molar-refractivity contribution in [1.29, 1.82) is 0 Å². The number of carbonyl (C=O) groups is 2. The number of nitrogen functional groups attached to an aromatic ring is 1. The Labute approximate surface area is 116 Å². The summed E-state index contributed by atoms with van der Waals surface area (Å²) in [4.78, 5) is 24.6. The van der Waals surface area contributed by atoms with Gasteiger partial charge in [0.25, 0.3) is 5.91 Å². The minimum absolute atomic E-state index is 0.336. The molecule has 5 nitrogen and oxygen atoms in total. The fourth-order valence-electron chi connectivity index (χ4n) is 1.73. The summed E-state index contributed by atoms with van der Waals surface area (Å²) < 4.78 is 0.780. The van der Waals surface area contributed by atoms with Crippen molar-refractivity contribution in [2.75, 3.05) is 17.4 Å². The molecule has 1 aromatic carbocycles. The van der Waals surface area contributed by atoms with Crippen molar-refractivity contribution in [3.8, 4) is 0 Å². The lowest BCUT2D eigenvalue weighted by Crippen LogP contribution is -2.41. The van der Waals surface area contributed by atoms with Crippen LogP contribution in [0, 0.1) is 0 Å². The van der Waals surface area contributed by atoms with Gasteiger partial charge in [-0.1, -0.05) is 15.9 Å². The number of nitrogens with two attached hydrogens (primary N) is 1. The van der Waals surface area contributed by atoms with Gasteiger partial charge in [-0.15, -0.1) is 11.8 Å². The van der Waals surface area contributed by atoms with Crippen LogP contribution in [0.2, 0.25) is 0 Å². The quantitative estimate of drug-likeness (QED) is 0.805. The summed E-state index contributed by atoms with van der Waals surface area (Å²) in [6, 6.07) is 4.17. The SMILES string of the molecule is Nc1cc(Br)ccc1C(=O)N1CSC[C@H]1C(=O)O. The first-order valence-corrected chi connectivity index (χ1v) is 7.12. The molecule has 0 unspecified atom stereocenters. The average Bonchev–Trinajstić information content (AvgIpc) is 2.77. The maximum Gasteiger partial charge on any atom is 0.327 e.